The molecule has 0 aliphatic carbocycles. The van der Waals surface area contributed by atoms with Gasteiger partial charge in [-0.1, -0.05) is 6.07 Å². The Labute approximate surface area is 119 Å². The SMILES string of the molecule is COc1ccc(CNCc2cc(Br)cs2)cc1O. The van der Waals surface area contributed by atoms with Crippen LogP contribution in [-0.4, -0.2) is 12.2 Å². The fourth-order valence-corrected chi connectivity index (χ4v) is 3.04. The molecule has 96 valence electrons. The Hall–Kier alpha value is -1.04. The van der Waals surface area contributed by atoms with E-state index < -0.39 is 0 Å². The molecule has 0 radical (unpaired) electrons. The van der Waals surface area contributed by atoms with Gasteiger partial charge in [-0.25, -0.2) is 0 Å². The zero-order chi connectivity index (χ0) is 13.0. The van der Waals surface area contributed by atoms with Crippen molar-refractivity contribution in [2.75, 3.05) is 7.11 Å². The number of halogens is 1. The Balaban J connectivity index is 1.88. The minimum Gasteiger partial charge on any atom is -0.504 e. The van der Waals surface area contributed by atoms with Gasteiger partial charge in [-0.2, -0.15) is 0 Å². The predicted octanol–water partition coefficient (Wildman–Crippen LogP) is 3.51. The smallest absolute Gasteiger partial charge is 0.160 e. The number of rotatable bonds is 5. The number of ether oxygens (including phenoxy) is 1. The summed E-state index contributed by atoms with van der Waals surface area (Å²) in [5.41, 5.74) is 1.03. The van der Waals surface area contributed by atoms with Gasteiger partial charge in [-0.3, -0.25) is 0 Å². The quantitative estimate of drug-likeness (QED) is 0.882. The van der Waals surface area contributed by atoms with E-state index in [1.165, 1.54) is 4.88 Å². The van der Waals surface area contributed by atoms with Crippen LogP contribution in [0.25, 0.3) is 0 Å². The zero-order valence-corrected chi connectivity index (χ0v) is 12.3. The number of thiophene rings is 1. The van der Waals surface area contributed by atoms with Gasteiger partial charge < -0.3 is 15.2 Å². The number of aromatic hydroxyl groups is 1. The highest BCUT2D eigenvalue weighted by Gasteiger charge is 2.02. The van der Waals surface area contributed by atoms with Gasteiger partial charge in [0.1, 0.15) is 0 Å². The Bertz CT molecular complexity index is 527. The number of benzene rings is 1. The van der Waals surface area contributed by atoms with Crippen LogP contribution in [0.4, 0.5) is 0 Å². The first-order valence-corrected chi connectivity index (χ1v) is 7.16. The predicted molar refractivity (Wildman–Crippen MR) is 77.2 cm³/mol. The Morgan fingerprint density at radius 2 is 2.17 bits per heavy atom. The molecule has 0 amide bonds. The van der Waals surface area contributed by atoms with Crippen LogP contribution in [0.1, 0.15) is 10.4 Å². The van der Waals surface area contributed by atoms with Crippen LogP contribution in [-0.2, 0) is 13.1 Å². The summed E-state index contributed by atoms with van der Waals surface area (Å²) in [6.45, 7) is 1.54. The van der Waals surface area contributed by atoms with Gasteiger partial charge in [0.2, 0.25) is 0 Å². The van der Waals surface area contributed by atoms with Crippen molar-refractivity contribution in [3.8, 4) is 11.5 Å². The van der Waals surface area contributed by atoms with Gasteiger partial charge in [-0.15, -0.1) is 11.3 Å². The van der Waals surface area contributed by atoms with Crippen molar-refractivity contribution in [3.05, 3.63) is 44.6 Å². The Morgan fingerprint density at radius 1 is 1.33 bits per heavy atom. The van der Waals surface area contributed by atoms with Gasteiger partial charge in [0, 0.05) is 27.8 Å². The summed E-state index contributed by atoms with van der Waals surface area (Å²) in [6, 6.07) is 7.53. The third-order valence-electron chi connectivity index (χ3n) is 2.49. The van der Waals surface area contributed by atoms with Crippen LogP contribution in [0, 0.1) is 0 Å². The summed E-state index contributed by atoms with van der Waals surface area (Å²) in [5, 5.41) is 15.1. The standard InChI is InChI=1S/C13H14BrNO2S/c1-17-13-3-2-9(4-12(13)16)6-15-7-11-5-10(14)8-18-11/h2-5,8,15-16H,6-7H2,1H3. The van der Waals surface area contributed by atoms with E-state index in [-0.39, 0.29) is 5.75 Å². The van der Waals surface area contributed by atoms with Gasteiger partial charge in [0.15, 0.2) is 11.5 Å². The molecule has 18 heavy (non-hydrogen) atoms. The van der Waals surface area contributed by atoms with E-state index in [0.717, 1.165) is 16.6 Å². The molecular weight excluding hydrogens is 314 g/mol. The lowest BCUT2D eigenvalue weighted by Gasteiger charge is -2.07. The van der Waals surface area contributed by atoms with Gasteiger partial charge >= 0.3 is 0 Å². The van der Waals surface area contributed by atoms with Crippen LogP contribution >= 0.6 is 27.3 Å². The van der Waals surface area contributed by atoms with Crippen molar-refractivity contribution in [1.29, 1.82) is 0 Å². The molecule has 0 unspecified atom stereocenters. The maximum Gasteiger partial charge on any atom is 0.160 e. The third-order valence-corrected chi connectivity index (χ3v) is 4.19. The van der Waals surface area contributed by atoms with Gasteiger partial charge in [-0.05, 0) is 39.7 Å². The minimum atomic E-state index is 0.177. The number of phenols is 1. The molecule has 2 aromatic rings. The number of hydrogen-bond donors (Lipinski definition) is 2. The van der Waals surface area contributed by atoms with E-state index >= 15 is 0 Å². The monoisotopic (exact) mass is 327 g/mol. The van der Waals surface area contributed by atoms with E-state index in [2.05, 4.69) is 32.7 Å². The minimum absolute atomic E-state index is 0.177. The third kappa shape index (κ3) is 3.48. The second kappa shape index (κ2) is 6.22. The average molecular weight is 328 g/mol. The molecule has 0 fully saturated rings. The van der Waals surface area contributed by atoms with Crippen molar-refractivity contribution in [3.63, 3.8) is 0 Å². The molecule has 0 bridgehead atoms. The fraction of sp³-hybridized carbons (Fsp3) is 0.231. The number of hydrogen-bond acceptors (Lipinski definition) is 4. The largest absolute Gasteiger partial charge is 0.504 e. The second-order valence-corrected chi connectivity index (χ2v) is 5.75. The Kier molecular flexibility index (Phi) is 4.63. The summed E-state index contributed by atoms with van der Waals surface area (Å²) in [6.07, 6.45) is 0. The first-order valence-electron chi connectivity index (χ1n) is 5.48. The van der Waals surface area contributed by atoms with Crippen molar-refractivity contribution in [2.45, 2.75) is 13.1 Å². The fourth-order valence-electron chi connectivity index (χ4n) is 1.62. The molecule has 0 saturated carbocycles. The summed E-state index contributed by atoms with van der Waals surface area (Å²) in [4.78, 5) is 1.28. The maximum absolute atomic E-state index is 9.65. The number of nitrogens with one attached hydrogen (secondary N) is 1. The second-order valence-electron chi connectivity index (χ2n) is 3.84. The maximum atomic E-state index is 9.65. The molecule has 1 aromatic carbocycles. The summed E-state index contributed by atoms with van der Waals surface area (Å²) >= 11 is 5.15. The van der Waals surface area contributed by atoms with E-state index in [1.54, 1.807) is 30.6 Å². The summed E-state index contributed by atoms with van der Waals surface area (Å²) in [7, 11) is 1.54. The highest BCUT2D eigenvalue weighted by molar-refractivity contribution is 9.10. The van der Waals surface area contributed by atoms with Crippen molar-refractivity contribution >= 4 is 27.3 Å². The molecule has 0 aliphatic rings. The van der Waals surface area contributed by atoms with E-state index in [0.29, 0.717) is 12.3 Å². The van der Waals surface area contributed by atoms with Crippen LogP contribution < -0.4 is 10.1 Å². The first-order chi connectivity index (χ1) is 8.69. The molecule has 5 heteroatoms. The highest BCUT2D eigenvalue weighted by Crippen LogP contribution is 2.26. The van der Waals surface area contributed by atoms with E-state index in [4.69, 9.17) is 4.74 Å². The van der Waals surface area contributed by atoms with Crippen LogP contribution in [0.3, 0.4) is 0 Å². The normalized spacial score (nSPS) is 10.6. The van der Waals surface area contributed by atoms with Crippen LogP contribution in [0.2, 0.25) is 0 Å². The van der Waals surface area contributed by atoms with Crippen LogP contribution in [0.15, 0.2) is 34.1 Å². The van der Waals surface area contributed by atoms with Crippen molar-refractivity contribution < 1.29 is 9.84 Å². The molecule has 1 heterocycles. The van der Waals surface area contributed by atoms with Gasteiger partial charge in [0.25, 0.3) is 0 Å². The topological polar surface area (TPSA) is 41.5 Å². The molecule has 0 saturated heterocycles. The molecular formula is C13H14BrNO2S. The molecule has 1 aromatic heterocycles. The molecule has 0 atom stereocenters. The lowest BCUT2D eigenvalue weighted by Crippen LogP contribution is -2.11. The van der Waals surface area contributed by atoms with E-state index in [9.17, 15) is 5.11 Å². The zero-order valence-electron chi connectivity index (χ0n) is 9.94. The van der Waals surface area contributed by atoms with E-state index in [1.807, 2.05) is 6.07 Å². The molecule has 0 spiro atoms. The lowest BCUT2D eigenvalue weighted by atomic mass is 10.2. The number of methoxy groups -OCH3 is 1. The molecule has 2 rings (SSSR count). The van der Waals surface area contributed by atoms with Gasteiger partial charge in [0.05, 0.1) is 7.11 Å². The highest BCUT2D eigenvalue weighted by atomic mass is 79.9. The summed E-state index contributed by atoms with van der Waals surface area (Å²) < 4.78 is 6.12. The van der Waals surface area contributed by atoms with Crippen molar-refractivity contribution in [2.24, 2.45) is 0 Å². The molecule has 0 aliphatic heterocycles. The molecule has 3 nitrogen and oxygen atoms in total. The average Bonchev–Trinajstić information content (AvgIpc) is 2.75. The Morgan fingerprint density at radius 3 is 2.78 bits per heavy atom. The number of phenolic OH excluding ortho intramolecular Hbond substituents is 1. The first kappa shape index (κ1) is 13.4. The van der Waals surface area contributed by atoms with Crippen LogP contribution in [0.5, 0.6) is 11.5 Å². The van der Waals surface area contributed by atoms with Crippen molar-refractivity contribution in [1.82, 2.24) is 5.32 Å². The summed E-state index contributed by atoms with van der Waals surface area (Å²) in [5.74, 6) is 0.677. The lowest BCUT2D eigenvalue weighted by molar-refractivity contribution is 0.373. The molecule has 2 N–H and O–H groups in total.